The van der Waals surface area contributed by atoms with E-state index in [0.29, 0.717) is 0 Å². The first-order chi connectivity index (χ1) is 7.54. The van der Waals surface area contributed by atoms with Crippen LogP contribution in [0.4, 0.5) is 13.2 Å². The Bertz CT molecular complexity index is 460. The zero-order valence-electron chi connectivity index (χ0n) is 8.28. The van der Waals surface area contributed by atoms with Crippen molar-refractivity contribution in [1.29, 1.82) is 0 Å². The molecule has 0 atom stereocenters. The van der Waals surface area contributed by atoms with E-state index < -0.39 is 12.6 Å². The van der Waals surface area contributed by atoms with Crippen molar-refractivity contribution >= 4 is 0 Å². The van der Waals surface area contributed by atoms with Gasteiger partial charge in [0.25, 0.3) is 0 Å². The highest BCUT2D eigenvalue weighted by Crippen LogP contribution is 2.21. The lowest BCUT2D eigenvalue weighted by atomic mass is 10.2. The fourth-order valence-corrected chi connectivity index (χ4v) is 1.40. The Labute approximate surface area is 90.3 Å². The quantitative estimate of drug-likeness (QED) is 0.769. The van der Waals surface area contributed by atoms with Gasteiger partial charge >= 0.3 is 6.18 Å². The minimum atomic E-state index is -4.19. The molecule has 0 spiro atoms. The number of benzene rings is 1. The number of hydrogen-bond acceptors (Lipinski definition) is 1. The normalized spacial score (nSPS) is 11.7. The van der Waals surface area contributed by atoms with Gasteiger partial charge in [0.1, 0.15) is 0 Å². The zero-order valence-corrected chi connectivity index (χ0v) is 8.28. The van der Waals surface area contributed by atoms with Crippen molar-refractivity contribution in [1.82, 2.24) is 9.78 Å². The Kier molecular flexibility index (Phi) is 2.68. The van der Waals surface area contributed by atoms with Crippen molar-refractivity contribution in [2.75, 3.05) is 0 Å². The Balaban J connectivity index is 2.21. The van der Waals surface area contributed by atoms with Crippen LogP contribution in [0.1, 0.15) is 5.56 Å². The molecule has 16 heavy (non-hydrogen) atoms. The topological polar surface area (TPSA) is 17.8 Å². The molecular formula is C11H9F3N2. The van der Waals surface area contributed by atoms with Gasteiger partial charge in [-0.05, 0) is 17.7 Å². The van der Waals surface area contributed by atoms with Crippen LogP contribution in [0.3, 0.4) is 0 Å². The number of alkyl halides is 3. The van der Waals surface area contributed by atoms with Gasteiger partial charge in [-0.15, -0.1) is 0 Å². The average Bonchev–Trinajstić information content (AvgIpc) is 2.65. The molecule has 0 aliphatic carbocycles. The highest BCUT2D eigenvalue weighted by atomic mass is 19.4. The van der Waals surface area contributed by atoms with Gasteiger partial charge in [0.15, 0.2) is 0 Å². The van der Waals surface area contributed by atoms with E-state index in [-0.39, 0.29) is 5.56 Å². The molecule has 2 rings (SSSR count). The van der Waals surface area contributed by atoms with Crippen LogP contribution in [0.15, 0.2) is 42.7 Å². The maximum atomic E-state index is 12.1. The van der Waals surface area contributed by atoms with Crippen LogP contribution in [0.5, 0.6) is 0 Å². The van der Waals surface area contributed by atoms with Crippen molar-refractivity contribution in [2.24, 2.45) is 0 Å². The van der Waals surface area contributed by atoms with Crippen molar-refractivity contribution in [3.05, 3.63) is 48.3 Å². The molecule has 2 nitrogen and oxygen atoms in total. The molecule has 0 bridgehead atoms. The van der Waals surface area contributed by atoms with Crippen molar-refractivity contribution < 1.29 is 13.2 Å². The summed E-state index contributed by atoms with van der Waals surface area (Å²) in [5.41, 5.74) is 0.910. The van der Waals surface area contributed by atoms with Crippen LogP contribution in [0.25, 0.3) is 5.69 Å². The van der Waals surface area contributed by atoms with Gasteiger partial charge in [0.2, 0.25) is 0 Å². The van der Waals surface area contributed by atoms with E-state index in [0.717, 1.165) is 5.69 Å². The molecule has 1 aromatic heterocycles. The Morgan fingerprint density at radius 2 is 1.81 bits per heavy atom. The van der Waals surface area contributed by atoms with Crippen LogP contribution in [-0.2, 0) is 6.42 Å². The minimum absolute atomic E-state index is 0.163. The van der Waals surface area contributed by atoms with E-state index in [1.54, 1.807) is 24.3 Å². The summed E-state index contributed by atoms with van der Waals surface area (Å²) in [6.07, 6.45) is -2.51. The fourth-order valence-electron chi connectivity index (χ4n) is 1.40. The number of hydrogen-bond donors (Lipinski definition) is 0. The number of para-hydroxylation sites is 1. The van der Waals surface area contributed by atoms with Crippen molar-refractivity contribution in [3.8, 4) is 5.69 Å². The van der Waals surface area contributed by atoms with E-state index in [2.05, 4.69) is 5.10 Å². The van der Waals surface area contributed by atoms with E-state index in [4.69, 9.17) is 0 Å². The lowest BCUT2D eigenvalue weighted by Crippen LogP contribution is -2.10. The Morgan fingerprint density at radius 1 is 1.12 bits per heavy atom. The van der Waals surface area contributed by atoms with Crippen LogP contribution >= 0.6 is 0 Å². The maximum absolute atomic E-state index is 12.1. The van der Waals surface area contributed by atoms with Crippen LogP contribution in [0.2, 0.25) is 0 Å². The molecule has 0 radical (unpaired) electrons. The molecule has 0 amide bonds. The summed E-state index contributed by atoms with van der Waals surface area (Å²) in [4.78, 5) is 0. The predicted octanol–water partition coefficient (Wildman–Crippen LogP) is 2.98. The van der Waals surface area contributed by atoms with E-state index in [1.165, 1.54) is 17.1 Å². The van der Waals surface area contributed by atoms with Crippen LogP contribution < -0.4 is 0 Å². The lowest BCUT2D eigenvalue weighted by molar-refractivity contribution is -0.127. The first-order valence-corrected chi connectivity index (χ1v) is 4.70. The average molecular weight is 226 g/mol. The molecule has 0 saturated heterocycles. The standard InChI is InChI=1S/C11H9F3N2/c12-11(13,14)6-9-7-15-16(8-9)10-4-2-1-3-5-10/h1-5,7-8H,6H2. The number of rotatable bonds is 2. The second kappa shape index (κ2) is 4.00. The molecule has 0 fully saturated rings. The molecule has 0 unspecified atom stereocenters. The first-order valence-electron chi connectivity index (χ1n) is 4.70. The zero-order chi connectivity index (χ0) is 11.6. The molecule has 0 aliphatic rings. The lowest BCUT2D eigenvalue weighted by Gasteiger charge is -2.02. The van der Waals surface area contributed by atoms with Gasteiger partial charge < -0.3 is 0 Å². The molecule has 84 valence electrons. The SMILES string of the molecule is FC(F)(F)Cc1cnn(-c2ccccc2)c1. The summed E-state index contributed by atoms with van der Waals surface area (Å²) in [6.45, 7) is 0. The molecule has 0 saturated carbocycles. The second-order valence-corrected chi connectivity index (χ2v) is 3.42. The summed E-state index contributed by atoms with van der Waals surface area (Å²) >= 11 is 0. The summed E-state index contributed by atoms with van der Waals surface area (Å²) < 4.78 is 37.8. The fraction of sp³-hybridized carbons (Fsp3) is 0.182. The van der Waals surface area contributed by atoms with Crippen molar-refractivity contribution in [2.45, 2.75) is 12.6 Å². The van der Waals surface area contributed by atoms with Gasteiger partial charge in [0, 0.05) is 6.20 Å². The third-order valence-electron chi connectivity index (χ3n) is 2.06. The highest BCUT2D eigenvalue weighted by molar-refractivity contribution is 5.30. The third kappa shape index (κ3) is 2.62. The van der Waals surface area contributed by atoms with Crippen molar-refractivity contribution in [3.63, 3.8) is 0 Å². The van der Waals surface area contributed by atoms with Gasteiger partial charge in [-0.25, -0.2) is 4.68 Å². The van der Waals surface area contributed by atoms with E-state index >= 15 is 0 Å². The smallest absolute Gasteiger partial charge is 0.241 e. The van der Waals surface area contributed by atoms with Gasteiger partial charge in [-0.1, -0.05) is 18.2 Å². The third-order valence-corrected chi connectivity index (χ3v) is 2.06. The predicted molar refractivity (Wildman–Crippen MR) is 53.3 cm³/mol. The summed E-state index contributed by atoms with van der Waals surface area (Å²) in [5, 5.41) is 3.89. The van der Waals surface area contributed by atoms with Crippen LogP contribution in [-0.4, -0.2) is 16.0 Å². The molecule has 1 heterocycles. The summed E-state index contributed by atoms with van der Waals surface area (Å²) in [6, 6.07) is 9.01. The first kappa shape index (κ1) is 10.7. The minimum Gasteiger partial charge on any atom is -0.241 e. The molecule has 0 aliphatic heterocycles. The number of halogens is 3. The molecule has 5 heteroatoms. The second-order valence-electron chi connectivity index (χ2n) is 3.42. The van der Waals surface area contributed by atoms with E-state index in [9.17, 15) is 13.2 Å². The number of aromatic nitrogens is 2. The summed E-state index contributed by atoms with van der Waals surface area (Å²) in [5.74, 6) is 0. The molecule has 2 aromatic rings. The summed E-state index contributed by atoms with van der Waals surface area (Å²) in [7, 11) is 0. The maximum Gasteiger partial charge on any atom is 0.393 e. The monoisotopic (exact) mass is 226 g/mol. The van der Waals surface area contributed by atoms with Gasteiger partial charge in [-0.3, -0.25) is 0 Å². The molecular weight excluding hydrogens is 217 g/mol. The van der Waals surface area contributed by atoms with Gasteiger partial charge in [0.05, 0.1) is 18.3 Å². The highest BCUT2D eigenvalue weighted by Gasteiger charge is 2.28. The molecule has 1 aromatic carbocycles. The van der Waals surface area contributed by atoms with Crippen LogP contribution in [0, 0.1) is 0 Å². The largest absolute Gasteiger partial charge is 0.393 e. The van der Waals surface area contributed by atoms with E-state index in [1.807, 2.05) is 6.07 Å². The molecule has 0 N–H and O–H groups in total. The van der Waals surface area contributed by atoms with Gasteiger partial charge in [-0.2, -0.15) is 18.3 Å². The Morgan fingerprint density at radius 3 is 2.44 bits per heavy atom. The Hall–Kier alpha value is -1.78. The number of nitrogens with zero attached hydrogens (tertiary/aromatic N) is 2.